The number of carbonyl (C=O) groups is 3. The van der Waals surface area contributed by atoms with Crippen LogP contribution in [0.25, 0.3) is 0 Å². The molecule has 1 unspecified atom stereocenters. The minimum atomic E-state index is -0.627. The van der Waals surface area contributed by atoms with Crippen LogP contribution in [0.2, 0.25) is 0 Å². The lowest BCUT2D eigenvalue weighted by Gasteiger charge is -2.36. The summed E-state index contributed by atoms with van der Waals surface area (Å²) in [5.74, 6) is -0.208. The van der Waals surface area contributed by atoms with Crippen molar-refractivity contribution in [1.82, 2.24) is 20.0 Å². The van der Waals surface area contributed by atoms with Crippen molar-refractivity contribution in [1.29, 1.82) is 0 Å². The third-order valence-corrected chi connectivity index (χ3v) is 6.66. The van der Waals surface area contributed by atoms with Gasteiger partial charge in [-0.25, -0.2) is 4.79 Å². The molecule has 8 heteroatoms. The predicted molar refractivity (Wildman–Crippen MR) is 136 cm³/mol. The molecule has 186 valence electrons. The van der Waals surface area contributed by atoms with Gasteiger partial charge in [-0.1, -0.05) is 42.5 Å². The summed E-state index contributed by atoms with van der Waals surface area (Å²) in [5.41, 5.74) is 2.99. The zero-order valence-corrected chi connectivity index (χ0v) is 20.4. The summed E-state index contributed by atoms with van der Waals surface area (Å²) in [5, 5.41) is 5.61. The first kappa shape index (κ1) is 24.7. The van der Waals surface area contributed by atoms with Gasteiger partial charge in [-0.05, 0) is 49.4 Å². The fourth-order valence-corrected chi connectivity index (χ4v) is 4.70. The number of aryl methyl sites for hydroxylation is 1. The molecule has 0 bridgehead atoms. The van der Waals surface area contributed by atoms with Crippen molar-refractivity contribution in [3.05, 3.63) is 65.7 Å². The zero-order valence-electron chi connectivity index (χ0n) is 20.4. The van der Waals surface area contributed by atoms with Crippen LogP contribution in [0.1, 0.15) is 30.4 Å². The van der Waals surface area contributed by atoms with E-state index < -0.39 is 12.1 Å². The molecule has 0 saturated carbocycles. The second-order valence-corrected chi connectivity index (χ2v) is 9.42. The Labute approximate surface area is 207 Å². The maximum absolute atomic E-state index is 13.2. The molecule has 35 heavy (non-hydrogen) atoms. The number of nitrogens with one attached hydrogen (secondary N) is 2. The number of anilines is 1. The minimum absolute atomic E-state index is 0.0254. The molecule has 2 N–H and O–H groups in total. The number of amides is 4. The van der Waals surface area contributed by atoms with Gasteiger partial charge >= 0.3 is 6.03 Å². The molecule has 2 saturated heterocycles. The SMILES string of the molecule is Cc1cccc(NC(=O)NC2CCCCN(CC(=O)N3CCN(Cc4ccccc4)CC3)C2=O)c1. The van der Waals surface area contributed by atoms with Crippen LogP contribution in [-0.4, -0.2) is 77.9 Å². The highest BCUT2D eigenvalue weighted by Gasteiger charge is 2.31. The summed E-state index contributed by atoms with van der Waals surface area (Å²) in [6.45, 7) is 6.39. The third kappa shape index (κ3) is 7.05. The minimum Gasteiger partial charge on any atom is -0.339 e. The number of likely N-dealkylation sites (tertiary alicyclic amines) is 1. The van der Waals surface area contributed by atoms with Crippen LogP contribution in [0.15, 0.2) is 54.6 Å². The number of hydrogen-bond acceptors (Lipinski definition) is 4. The molecule has 2 aliphatic rings. The maximum atomic E-state index is 13.2. The van der Waals surface area contributed by atoms with E-state index >= 15 is 0 Å². The summed E-state index contributed by atoms with van der Waals surface area (Å²) < 4.78 is 0. The summed E-state index contributed by atoms with van der Waals surface area (Å²) >= 11 is 0. The topological polar surface area (TPSA) is 85.0 Å². The van der Waals surface area contributed by atoms with Gasteiger partial charge in [-0.15, -0.1) is 0 Å². The van der Waals surface area contributed by atoms with Gasteiger partial charge in [0.15, 0.2) is 0 Å². The Kier molecular flexibility index (Phi) is 8.36. The maximum Gasteiger partial charge on any atom is 0.319 e. The first-order valence-corrected chi connectivity index (χ1v) is 12.4. The quantitative estimate of drug-likeness (QED) is 0.670. The Hall–Kier alpha value is -3.39. The van der Waals surface area contributed by atoms with Crippen LogP contribution in [0.5, 0.6) is 0 Å². The summed E-state index contributed by atoms with van der Waals surface area (Å²) in [6, 6.07) is 16.8. The monoisotopic (exact) mass is 477 g/mol. The zero-order chi connectivity index (χ0) is 24.6. The van der Waals surface area contributed by atoms with Crippen molar-refractivity contribution in [2.45, 2.75) is 38.8 Å². The third-order valence-electron chi connectivity index (χ3n) is 6.66. The Morgan fingerprint density at radius 1 is 0.943 bits per heavy atom. The Morgan fingerprint density at radius 2 is 1.71 bits per heavy atom. The molecular weight excluding hydrogens is 442 g/mol. The number of benzene rings is 2. The molecule has 2 aromatic carbocycles. The van der Waals surface area contributed by atoms with E-state index in [1.165, 1.54) is 5.56 Å². The number of carbonyl (C=O) groups excluding carboxylic acids is 3. The molecule has 1 atom stereocenters. The van der Waals surface area contributed by atoms with Gasteiger partial charge in [0.2, 0.25) is 11.8 Å². The molecule has 2 fully saturated rings. The van der Waals surface area contributed by atoms with Gasteiger partial charge in [-0.2, -0.15) is 0 Å². The average Bonchev–Trinajstić information content (AvgIpc) is 3.01. The van der Waals surface area contributed by atoms with Crippen molar-refractivity contribution < 1.29 is 14.4 Å². The van der Waals surface area contributed by atoms with Gasteiger partial charge in [0.05, 0.1) is 6.54 Å². The fourth-order valence-electron chi connectivity index (χ4n) is 4.70. The second-order valence-electron chi connectivity index (χ2n) is 9.42. The summed E-state index contributed by atoms with van der Waals surface area (Å²) in [7, 11) is 0. The Bertz CT molecular complexity index is 1020. The molecule has 2 heterocycles. The van der Waals surface area contributed by atoms with Crippen LogP contribution < -0.4 is 10.6 Å². The molecule has 0 radical (unpaired) electrons. The van der Waals surface area contributed by atoms with E-state index in [-0.39, 0.29) is 18.4 Å². The van der Waals surface area contributed by atoms with E-state index in [1.54, 1.807) is 4.90 Å². The van der Waals surface area contributed by atoms with Crippen molar-refractivity contribution in [2.75, 3.05) is 44.6 Å². The molecule has 4 rings (SSSR count). The van der Waals surface area contributed by atoms with Gasteiger partial charge in [0.25, 0.3) is 0 Å². The Morgan fingerprint density at radius 3 is 2.46 bits per heavy atom. The highest BCUT2D eigenvalue weighted by Crippen LogP contribution is 2.15. The van der Waals surface area contributed by atoms with E-state index in [4.69, 9.17) is 0 Å². The van der Waals surface area contributed by atoms with E-state index in [2.05, 4.69) is 27.7 Å². The molecule has 0 aliphatic carbocycles. The predicted octanol–water partition coefficient (Wildman–Crippen LogP) is 2.84. The normalized spacial score (nSPS) is 19.2. The highest BCUT2D eigenvalue weighted by atomic mass is 16.2. The number of rotatable bonds is 6. The van der Waals surface area contributed by atoms with E-state index in [0.717, 1.165) is 38.0 Å². The lowest BCUT2D eigenvalue weighted by Crippen LogP contribution is -2.54. The lowest BCUT2D eigenvalue weighted by atomic mass is 10.1. The van der Waals surface area contributed by atoms with Gasteiger partial charge in [0, 0.05) is 45.0 Å². The van der Waals surface area contributed by atoms with Crippen molar-refractivity contribution >= 4 is 23.5 Å². The van der Waals surface area contributed by atoms with Crippen LogP contribution in [0.3, 0.4) is 0 Å². The molecule has 4 amide bonds. The molecule has 0 aromatic heterocycles. The van der Waals surface area contributed by atoms with Gasteiger partial charge < -0.3 is 20.4 Å². The molecule has 8 nitrogen and oxygen atoms in total. The summed E-state index contributed by atoms with van der Waals surface area (Å²) in [6.07, 6.45) is 2.22. The van der Waals surface area contributed by atoms with Crippen molar-refractivity contribution in [3.63, 3.8) is 0 Å². The van der Waals surface area contributed by atoms with Crippen molar-refractivity contribution in [3.8, 4) is 0 Å². The smallest absolute Gasteiger partial charge is 0.319 e. The standard InChI is InChI=1S/C27H35N5O3/c1-21-8-7-11-23(18-21)28-27(35)29-24-12-5-6-13-32(26(24)34)20-25(33)31-16-14-30(15-17-31)19-22-9-3-2-4-10-22/h2-4,7-11,18,24H,5-6,12-17,19-20H2,1H3,(H2,28,29,35). The van der Waals surface area contributed by atoms with Gasteiger partial charge in [0.1, 0.15) is 6.04 Å². The number of hydrogen-bond donors (Lipinski definition) is 2. The van der Waals surface area contributed by atoms with E-state index in [9.17, 15) is 14.4 Å². The fraction of sp³-hybridized carbons (Fsp3) is 0.444. The highest BCUT2D eigenvalue weighted by molar-refractivity contribution is 5.95. The molecule has 0 spiro atoms. The molecule has 2 aliphatic heterocycles. The first-order valence-electron chi connectivity index (χ1n) is 12.4. The Balaban J connectivity index is 1.27. The largest absolute Gasteiger partial charge is 0.339 e. The van der Waals surface area contributed by atoms with Crippen LogP contribution >= 0.6 is 0 Å². The van der Waals surface area contributed by atoms with Crippen molar-refractivity contribution in [2.24, 2.45) is 0 Å². The summed E-state index contributed by atoms with van der Waals surface area (Å²) in [4.78, 5) is 44.5. The lowest BCUT2D eigenvalue weighted by molar-refractivity contribution is -0.142. The van der Waals surface area contributed by atoms with Crippen LogP contribution in [0.4, 0.5) is 10.5 Å². The van der Waals surface area contributed by atoms with E-state index in [0.29, 0.717) is 31.7 Å². The van der Waals surface area contributed by atoms with E-state index in [1.807, 2.05) is 54.3 Å². The molecular formula is C27H35N5O3. The van der Waals surface area contributed by atoms with Gasteiger partial charge in [-0.3, -0.25) is 14.5 Å². The van der Waals surface area contributed by atoms with Crippen LogP contribution in [0, 0.1) is 6.92 Å². The number of urea groups is 1. The first-order chi connectivity index (χ1) is 17.0. The average molecular weight is 478 g/mol. The number of piperazine rings is 1. The molecule has 2 aromatic rings. The second kappa shape index (κ2) is 11.8. The van der Waals surface area contributed by atoms with Crippen LogP contribution in [-0.2, 0) is 16.1 Å². The number of nitrogens with zero attached hydrogens (tertiary/aromatic N) is 3.